The molecule has 1 aromatic heterocycles. The van der Waals surface area contributed by atoms with Gasteiger partial charge in [0.05, 0.1) is 15.9 Å². The summed E-state index contributed by atoms with van der Waals surface area (Å²) in [6.45, 7) is 1.50. The normalized spacial score (nSPS) is 15.3. The summed E-state index contributed by atoms with van der Waals surface area (Å²) in [7, 11) is 3.37. The lowest BCUT2D eigenvalue weighted by Crippen LogP contribution is -2.36. The molecule has 0 bridgehead atoms. The second kappa shape index (κ2) is 7.92. The highest BCUT2D eigenvalue weighted by molar-refractivity contribution is 8.18. The molecule has 1 saturated heterocycles. The molecule has 8 nitrogen and oxygen atoms in total. The van der Waals surface area contributed by atoms with Gasteiger partial charge in [0.2, 0.25) is 5.91 Å². The minimum atomic E-state index is -0.517. The number of nitrogens with zero attached hydrogens (tertiary/aromatic N) is 3. The van der Waals surface area contributed by atoms with Crippen molar-refractivity contribution in [3.8, 4) is 0 Å². The zero-order valence-corrected chi connectivity index (χ0v) is 18.0. The van der Waals surface area contributed by atoms with Crippen molar-refractivity contribution in [2.75, 3.05) is 11.9 Å². The first-order chi connectivity index (χ1) is 14.8. The van der Waals surface area contributed by atoms with Crippen molar-refractivity contribution in [2.24, 2.45) is 14.1 Å². The van der Waals surface area contributed by atoms with E-state index in [9.17, 15) is 19.2 Å². The molecule has 3 aromatic rings. The van der Waals surface area contributed by atoms with Crippen LogP contribution in [0.1, 0.15) is 11.1 Å². The van der Waals surface area contributed by atoms with E-state index in [1.165, 1.54) is 4.57 Å². The van der Waals surface area contributed by atoms with Crippen LogP contribution in [-0.2, 0) is 23.7 Å². The van der Waals surface area contributed by atoms with Gasteiger partial charge in [-0.25, -0.2) is 4.79 Å². The Morgan fingerprint density at radius 3 is 2.48 bits per heavy atom. The first-order valence-corrected chi connectivity index (χ1v) is 10.3. The van der Waals surface area contributed by atoms with Crippen molar-refractivity contribution in [2.45, 2.75) is 6.92 Å². The standard InChI is InChI=1S/C22H20N4O4S/c1-13-6-4-5-7-15(13)23-19(27)12-26-20(28)18(31-22(26)30)11-14-8-9-16-17(10-14)25(3)21(29)24(16)2/h4-11H,12H2,1-3H3,(H,23,27)/b18-11+. The number of aromatic nitrogens is 2. The number of imidazole rings is 1. The number of hydrogen-bond donors (Lipinski definition) is 1. The third kappa shape index (κ3) is 3.79. The van der Waals surface area contributed by atoms with Gasteiger partial charge in [0.25, 0.3) is 11.1 Å². The fraction of sp³-hybridized carbons (Fsp3) is 0.182. The minimum absolute atomic E-state index is 0.146. The molecule has 0 radical (unpaired) electrons. The van der Waals surface area contributed by atoms with Crippen molar-refractivity contribution < 1.29 is 14.4 Å². The molecule has 1 N–H and O–H groups in total. The lowest BCUT2D eigenvalue weighted by molar-refractivity contribution is -0.127. The summed E-state index contributed by atoms with van der Waals surface area (Å²) >= 11 is 0.791. The van der Waals surface area contributed by atoms with Crippen LogP contribution in [0, 0.1) is 6.92 Å². The Kier molecular flexibility index (Phi) is 5.28. The zero-order valence-electron chi connectivity index (χ0n) is 17.2. The summed E-state index contributed by atoms with van der Waals surface area (Å²) in [5.41, 5.74) is 3.55. The Morgan fingerprint density at radius 2 is 1.74 bits per heavy atom. The summed E-state index contributed by atoms with van der Waals surface area (Å²) in [5, 5.41) is 2.23. The van der Waals surface area contributed by atoms with Crippen LogP contribution in [-0.4, -0.2) is 37.6 Å². The number of amides is 3. The first kappa shape index (κ1) is 20.7. The van der Waals surface area contributed by atoms with E-state index in [0.29, 0.717) is 11.3 Å². The number of benzene rings is 2. The highest BCUT2D eigenvalue weighted by Gasteiger charge is 2.36. The highest BCUT2D eigenvalue weighted by Crippen LogP contribution is 2.32. The van der Waals surface area contributed by atoms with Crippen LogP contribution in [0.3, 0.4) is 0 Å². The van der Waals surface area contributed by atoms with Gasteiger partial charge in [-0.3, -0.25) is 28.4 Å². The molecule has 31 heavy (non-hydrogen) atoms. The van der Waals surface area contributed by atoms with Gasteiger partial charge in [0, 0.05) is 19.8 Å². The second-order valence-electron chi connectivity index (χ2n) is 7.28. The van der Waals surface area contributed by atoms with Crippen molar-refractivity contribution in [3.63, 3.8) is 0 Å². The topological polar surface area (TPSA) is 93.4 Å². The van der Waals surface area contributed by atoms with Crippen LogP contribution in [0.15, 0.2) is 52.2 Å². The molecule has 158 valence electrons. The van der Waals surface area contributed by atoms with Crippen LogP contribution >= 0.6 is 11.8 Å². The number of thioether (sulfide) groups is 1. The number of nitrogens with one attached hydrogen (secondary N) is 1. The molecule has 0 unspecified atom stereocenters. The molecule has 1 fully saturated rings. The lowest BCUT2D eigenvalue weighted by Gasteiger charge is -2.13. The smallest absolute Gasteiger partial charge is 0.324 e. The molecular weight excluding hydrogens is 416 g/mol. The van der Waals surface area contributed by atoms with Gasteiger partial charge in [0.15, 0.2) is 0 Å². The largest absolute Gasteiger partial charge is 0.328 e. The number of carbonyl (C=O) groups excluding carboxylic acids is 3. The number of para-hydroxylation sites is 1. The van der Waals surface area contributed by atoms with Gasteiger partial charge < -0.3 is 5.32 Å². The molecule has 1 aliphatic heterocycles. The van der Waals surface area contributed by atoms with E-state index in [0.717, 1.165) is 33.3 Å². The van der Waals surface area contributed by atoms with Crippen molar-refractivity contribution in [1.29, 1.82) is 0 Å². The number of hydrogen-bond acceptors (Lipinski definition) is 5. The summed E-state index contributed by atoms with van der Waals surface area (Å²) in [5.74, 6) is -0.962. The SMILES string of the molecule is Cc1ccccc1NC(=O)CN1C(=O)S/C(=C/c2ccc3c(c2)n(C)c(=O)n3C)C1=O. The minimum Gasteiger partial charge on any atom is -0.324 e. The van der Waals surface area contributed by atoms with Crippen molar-refractivity contribution in [3.05, 3.63) is 69.0 Å². The van der Waals surface area contributed by atoms with Crippen molar-refractivity contribution >= 4 is 51.6 Å². The predicted octanol–water partition coefficient (Wildman–Crippen LogP) is 2.86. The van der Waals surface area contributed by atoms with Crippen molar-refractivity contribution in [1.82, 2.24) is 14.0 Å². The van der Waals surface area contributed by atoms with Crippen LogP contribution in [0.4, 0.5) is 10.5 Å². The molecule has 4 rings (SSSR count). The maximum absolute atomic E-state index is 12.7. The Morgan fingerprint density at radius 1 is 1.03 bits per heavy atom. The fourth-order valence-electron chi connectivity index (χ4n) is 3.45. The molecule has 9 heteroatoms. The fourth-order valence-corrected chi connectivity index (χ4v) is 4.29. The Labute approximate surface area is 182 Å². The lowest BCUT2D eigenvalue weighted by atomic mass is 10.2. The monoisotopic (exact) mass is 436 g/mol. The number of rotatable bonds is 4. The molecular formula is C22H20N4O4S. The van der Waals surface area contributed by atoms with Gasteiger partial charge in [-0.05, 0) is 54.1 Å². The Bertz CT molecular complexity index is 1340. The third-order valence-electron chi connectivity index (χ3n) is 5.19. The maximum atomic E-state index is 12.7. The van der Waals surface area contributed by atoms with Crippen LogP contribution in [0.5, 0.6) is 0 Å². The highest BCUT2D eigenvalue weighted by atomic mass is 32.2. The molecule has 0 spiro atoms. The van der Waals surface area contributed by atoms with E-state index in [1.54, 1.807) is 55.1 Å². The first-order valence-electron chi connectivity index (χ1n) is 9.52. The predicted molar refractivity (Wildman–Crippen MR) is 121 cm³/mol. The number of aryl methyl sites for hydroxylation is 3. The van der Waals surface area contributed by atoms with Gasteiger partial charge >= 0.3 is 5.69 Å². The zero-order chi connectivity index (χ0) is 22.3. The van der Waals surface area contributed by atoms with Crippen LogP contribution in [0.25, 0.3) is 17.1 Å². The molecule has 0 atom stereocenters. The molecule has 0 saturated carbocycles. The Balaban J connectivity index is 1.54. The quantitative estimate of drug-likeness (QED) is 0.635. The van der Waals surface area contributed by atoms with Crippen LogP contribution in [0.2, 0.25) is 0 Å². The average Bonchev–Trinajstić information content (AvgIpc) is 3.12. The Hall–Kier alpha value is -3.59. The number of imide groups is 1. The number of anilines is 1. The van der Waals surface area contributed by atoms with E-state index in [1.807, 2.05) is 19.1 Å². The number of fused-ring (bicyclic) bond motifs is 1. The van der Waals surface area contributed by atoms with Gasteiger partial charge in [-0.2, -0.15) is 0 Å². The summed E-state index contributed by atoms with van der Waals surface area (Å²) in [6.07, 6.45) is 1.60. The number of carbonyl (C=O) groups is 3. The van der Waals surface area contributed by atoms with E-state index in [-0.39, 0.29) is 17.1 Å². The second-order valence-corrected chi connectivity index (χ2v) is 8.27. The average molecular weight is 436 g/mol. The van der Waals surface area contributed by atoms with Gasteiger partial charge in [-0.15, -0.1) is 0 Å². The van der Waals surface area contributed by atoms with E-state index >= 15 is 0 Å². The molecule has 1 aliphatic rings. The van der Waals surface area contributed by atoms with Gasteiger partial charge in [0.1, 0.15) is 6.54 Å². The maximum Gasteiger partial charge on any atom is 0.328 e. The van der Waals surface area contributed by atoms with E-state index in [4.69, 9.17) is 0 Å². The van der Waals surface area contributed by atoms with E-state index in [2.05, 4.69) is 5.32 Å². The summed E-state index contributed by atoms with van der Waals surface area (Å²) in [6, 6.07) is 12.6. The summed E-state index contributed by atoms with van der Waals surface area (Å²) in [4.78, 5) is 50.7. The third-order valence-corrected chi connectivity index (χ3v) is 6.10. The van der Waals surface area contributed by atoms with E-state index < -0.39 is 17.1 Å². The van der Waals surface area contributed by atoms with Crippen LogP contribution < -0.4 is 11.0 Å². The molecule has 2 aromatic carbocycles. The van der Waals surface area contributed by atoms with Gasteiger partial charge in [-0.1, -0.05) is 24.3 Å². The molecule has 2 heterocycles. The molecule has 0 aliphatic carbocycles. The summed E-state index contributed by atoms with van der Waals surface area (Å²) < 4.78 is 3.06. The molecule has 3 amide bonds.